The Morgan fingerprint density at radius 3 is 2.62 bits per heavy atom. The fraction of sp³-hybridized carbons (Fsp3) is 0.889. The van der Waals surface area contributed by atoms with Crippen LogP contribution in [0.4, 0.5) is 0 Å². The third-order valence-electron chi connectivity index (χ3n) is 4.73. The minimum absolute atomic E-state index is 0.0145. The highest BCUT2D eigenvalue weighted by atomic mass is 16.5. The summed E-state index contributed by atoms with van der Waals surface area (Å²) in [5, 5.41) is 6.79. The van der Waals surface area contributed by atoms with Crippen LogP contribution in [0.2, 0.25) is 0 Å². The lowest BCUT2D eigenvalue weighted by molar-refractivity contribution is -0.153. The first-order chi connectivity index (χ1) is 11.3. The first-order valence-corrected chi connectivity index (χ1v) is 8.80. The molecule has 0 radical (unpaired) electrons. The van der Waals surface area contributed by atoms with E-state index in [1.807, 2.05) is 20.1 Å². The van der Waals surface area contributed by atoms with E-state index in [1.165, 1.54) is 7.11 Å². The summed E-state index contributed by atoms with van der Waals surface area (Å²) in [6.45, 7) is 10.9. The van der Waals surface area contributed by atoms with Crippen LogP contribution >= 0.6 is 0 Å². The average molecular weight is 342 g/mol. The van der Waals surface area contributed by atoms with Gasteiger partial charge in [0.1, 0.15) is 0 Å². The Labute approximate surface area is 146 Å². The summed E-state index contributed by atoms with van der Waals surface area (Å²) in [6.07, 6.45) is 4.12. The molecule has 1 aliphatic rings. The average Bonchev–Trinajstić information content (AvgIpc) is 2.97. The van der Waals surface area contributed by atoms with Crippen LogP contribution in [0, 0.1) is 17.3 Å². The molecule has 0 aliphatic carbocycles. The van der Waals surface area contributed by atoms with Gasteiger partial charge in [-0.25, -0.2) is 0 Å². The second kappa shape index (κ2) is 9.99. The summed E-state index contributed by atoms with van der Waals surface area (Å²) in [4.78, 5) is 12.1. The van der Waals surface area contributed by atoms with Gasteiger partial charge in [0.2, 0.25) is 0 Å². The summed E-state index contributed by atoms with van der Waals surface area (Å²) in [5.41, 5.74) is -0.601. The molecule has 0 N–H and O–H groups in total. The number of hydrogen-bond donors (Lipinski definition) is 0. The highest BCUT2D eigenvalue weighted by Gasteiger charge is 2.39. The number of rotatable bonds is 10. The Bertz CT molecular complexity index is 410. The molecule has 0 unspecified atom stereocenters. The number of hydrazone groups is 1. The zero-order valence-electron chi connectivity index (χ0n) is 16.1. The van der Waals surface area contributed by atoms with Crippen LogP contribution in [0.3, 0.4) is 0 Å². The normalized spacial score (nSPS) is 20.1. The van der Waals surface area contributed by atoms with Crippen molar-refractivity contribution in [3.63, 3.8) is 0 Å². The molecule has 6 heteroatoms. The Kier molecular flexibility index (Phi) is 8.70. The van der Waals surface area contributed by atoms with Crippen molar-refractivity contribution in [1.82, 2.24) is 5.01 Å². The summed E-state index contributed by atoms with van der Waals surface area (Å²) in [7, 11) is 3.11. The van der Waals surface area contributed by atoms with E-state index in [-0.39, 0.29) is 11.9 Å². The van der Waals surface area contributed by atoms with E-state index in [4.69, 9.17) is 19.3 Å². The van der Waals surface area contributed by atoms with Crippen molar-refractivity contribution in [2.24, 2.45) is 22.4 Å². The maximum atomic E-state index is 12.1. The molecule has 140 valence electrons. The van der Waals surface area contributed by atoms with Crippen molar-refractivity contribution >= 4 is 12.2 Å². The van der Waals surface area contributed by atoms with Gasteiger partial charge in [0.15, 0.2) is 0 Å². The van der Waals surface area contributed by atoms with Crippen molar-refractivity contribution in [1.29, 1.82) is 0 Å². The number of esters is 1. The molecule has 0 aromatic heterocycles. The van der Waals surface area contributed by atoms with E-state index in [2.05, 4.69) is 18.9 Å². The van der Waals surface area contributed by atoms with Crippen LogP contribution in [0.15, 0.2) is 5.10 Å². The summed E-state index contributed by atoms with van der Waals surface area (Å²) >= 11 is 0. The van der Waals surface area contributed by atoms with Gasteiger partial charge in [-0.1, -0.05) is 13.8 Å². The van der Waals surface area contributed by atoms with Gasteiger partial charge in [-0.3, -0.25) is 9.80 Å². The summed E-state index contributed by atoms with van der Waals surface area (Å²) in [6, 6.07) is 0.298. The molecular formula is C18H34N2O4. The Morgan fingerprint density at radius 1 is 1.33 bits per heavy atom. The minimum Gasteiger partial charge on any atom is -0.469 e. The molecule has 1 aliphatic heterocycles. The lowest BCUT2D eigenvalue weighted by atomic mass is 9.73. The van der Waals surface area contributed by atoms with Gasteiger partial charge in [0.25, 0.3) is 0 Å². The van der Waals surface area contributed by atoms with Gasteiger partial charge in [-0.05, 0) is 32.6 Å². The lowest BCUT2D eigenvalue weighted by Gasteiger charge is -2.32. The maximum Gasteiger partial charge on any atom is 0.311 e. The molecule has 2 atom stereocenters. The zero-order valence-corrected chi connectivity index (χ0v) is 16.1. The SMILES string of the molecule is COCCOC[C@@H]1CCCN1/N=C/[C@H](C(C)C)C(C)(C)C(=O)OC. The van der Waals surface area contributed by atoms with Crippen LogP contribution in [0.5, 0.6) is 0 Å². The van der Waals surface area contributed by atoms with Crippen molar-refractivity contribution in [2.75, 3.05) is 40.6 Å². The molecule has 0 spiro atoms. The van der Waals surface area contributed by atoms with E-state index in [1.54, 1.807) is 7.11 Å². The van der Waals surface area contributed by atoms with Crippen LogP contribution in [-0.2, 0) is 19.0 Å². The van der Waals surface area contributed by atoms with Crippen LogP contribution in [-0.4, -0.2) is 63.8 Å². The number of nitrogens with zero attached hydrogens (tertiary/aromatic N) is 2. The molecule has 6 nitrogen and oxygen atoms in total. The monoisotopic (exact) mass is 342 g/mol. The van der Waals surface area contributed by atoms with E-state index in [0.29, 0.717) is 31.8 Å². The van der Waals surface area contributed by atoms with E-state index in [0.717, 1.165) is 19.4 Å². The third kappa shape index (κ3) is 5.74. The fourth-order valence-corrected chi connectivity index (χ4v) is 3.25. The predicted molar refractivity (Wildman–Crippen MR) is 95.0 cm³/mol. The van der Waals surface area contributed by atoms with Gasteiger partial charge in [-0.2, -0.15) is 5.10 Å². The van der Waals surface area contributed by atoms with E-state index >= 15 is 0 Å². The predicted octanol–water partition coefficient (Wildman–Crippen LogP) is 2.57. The zero-order chi connectivity index (χ0) is 18.2. The first kappa shape index (κ1) is 20.9. The number of carbonyl (C=O) groups excluding carboxylic acids is 1. The molecule has 1 fully saturated rings. The fourth-order valence-electron chi connectivity index (χ4n) is 3.25. The number of ether oxygens (including phenoxy) is 3. The van der Waals surface area contributed by atoms with Crippen LogP contribution in [0.25, 0.3) is 0 Å². The van der Waals surface area contributed by atoms with Gasteiger partial charge >= 0.3 is 5.97 Å². The van der Waals surface area contributed by atoms with Crippen LogP contribution in [0.1, 0.15) is 40.5 Å². The maximum absolute atomic E-state index is 12.1. The number of carbonyl (C=O) groups is 1. The molecule has 1 rings (SSSR count). The molecular weight excluding hydrogens is 308 g/mol. The third-order valence-corrected chi connectivity index (χ3v) is 4.73. The van der Waals surface area contributed by atoms with Crippen LogP contribution < -0.4 is 0 Å². The second-order valence-electron chi connectivity index (χ2n) is 7.27. The summed E-state index contributed by atoms with van der Waals surface area (Å²) < 4.78 is 15.6. The first-order valence-electron chi connectivity index (χ1n) is 8.80. The lowest BCUT2D eigenvalue weighted by Crippen LogP contribution is -2.39. The molecule has 24 heavy (non-hydrogen) atoms. The summed E-state index contributed by atoms with van der Waals surface area (Å²) in [5.74, 6) is 0.107. The molecule has 0 aromatic rings. The van der Waals surface area contributed by atoms with Gasteiger partial charge in [-0.15, -0.1) is 0 Å². The minimum atomic E-state index is -0.601. The smallest absolute Gasteiger partial charge is 0.311 e. The topological polar surface area (TPSA) is 60.4 Å². The Morgan fingerprint density at radius 2 is 2.04 bits per heavy atom. The van der Waals surface area contributed by atoms with Crippen molar-refractivity contribution in [3.8, 4) is 0 Å². The Hall–Kier alpha value is -1.14. The van der Waals surface area contributed by atoms with Gasteiger partial charge in [0, 0.05) is 25.8 Å². The largest absolute Gasteiger partial charge is 0.469 e. The van der Waals surface area contributed by atoms with Crippen molar-refractivity contribution in [3.05, 3.63) is 0 Å². The second-order valence-corrected chi connectivity index (χ2v) is 7.27. The standard InChI is InChI=1S/C18H34N2O4/c1-14(2)16(18(3,4)17(21)23-6)12-19-20-9-7-8-15(20)13-24-11-10-22-5/h12,14-16H,7-11,13H2,1-6H3/b19-12+/t15-,16+/m0/s1. The molecule has 1 heterocycles. The highest BCUT2D eigenvalue weighted by molar-refractivity contribution is 5.81. The molecule has 0 bridgehead atoms. The van der Waals surface area contributed by atoms with E-state index < -0.39 is 5.41 Å². The Balaban J connectivity index is 2.70. The quantitative estimate of drug-likeness (QED) is 0.347. The molecule has 1 saturated heterocycles. The number of hydrogen-bond acceptors (Lipinski definition) is 6. The van der Waals surface area contributed by atoms with Gasteiger partial charge < -0.3 is 14.2 Å². The molecule has 0 saturated carbocycles. The van der Waals surface area contributed by atoms with E-state index in [9.17, 15) is 4.79 Å². The van der Waals surface area contributed by atoms with Crippen molar-refractivity contribution in [2.45, 2.75) is 46.6 Å². The highest BCUT2D eigenvalue weighted by Crippen LogP contribution is 2.33. The number of methoxy groups -OCH3 is 2. The molecule has 0 aromatic carbocycles. The van der Waals surface area contributed by atoms with Gasteiger partial charge in [0.05, 0.1) is 38.4 Å². The molecule has 0 amide bonds. The van der Waals surface area contributed by atoms with Crippen molar-refractivity contribution < 1.29 is 19.0 Å².